The Morgan fingerprint density at radius 1 is 1.21 bits per heavy atom. The summed E-state index contributed by atoms with van der Waals surface area (Å²) in [7, 11) is 0. The molecule has 3 rings (SSSR count). The topological polar surface area (TPSA) is 84.9 Å². The number of imide groups is 1. The number of amides is 3. The van der Waals surface area contributed by atoms with E-state index in [1.807, 2.05) is 0 Å². The molecule has 33 heavy (non-hydrogen) atoms. The van der Waals surface area contributed by atoms with Gasteiger partial charge in [-0.25, -0.2) is 4.39 Å². The van der Waals surface area contributed by atoms with Crippen molar-refractivity contribution in [2.75, 3.05) is 18.5 Å². The van der Waals surface area contributed by atoms with Gasteiger partial charge in [-0.2, -0.15) is 8.78 Å². The molecule has 0 aromatic heterocycles. The number of hydrogen-bond acceptors (Lipinski definition) is 6. The monoisotopic (exact) mass is 500 g/mol. The lowest BCUT2D eigenvalue weighted by molar-refractivity contribution is -0.127. The third-order valence-electron chi connectivity index (χ3n) is 4.16. The minimum Gasteiger partial charge on any atom is -0.490 e. The van der Waals surface area contributed by atoms with Gasteiger partial charge in [-0.3, -0.25) is 19.3 Å². The van der Waals surface area contributed by atoms with Gasteiger partial charge >= 0.3 is 6.61 Å². The highest BCUT2D eigenvalue weighted by molar-refractivity contribution is 8.18. The molecule has 1 heterocycles. The van der Waals surface area contributed by atoms with Gasteiger partial charge in [0, 0.05) is 5.69 Å². The highest BCUT2D eigenvalue weighted by Gasteiger charge is 2.36. The molecule has 1 aliphatic heterocycles. The van der Waals surface area contributed by atoms with E-state index in [1.165, 1.54) is 36.4 Å². The first kappa shape index (κ1) is 24.5. The number of nitrogens with one attached hydrogen (secondary N) is 1. The Bertz CT molecular complexity index is 1130. The number of carbonyl (C=O) groups is 3. The Morgan fingerprint density at radius 3 is 2.64 bits per heavy atom. The van der Waals surface area contributed by atoms with Gasteiger partial charge < -0.3 is 14.8 Å². The summed E-state index contributed by atoms with van der Waals surface area (Å²) in [5.74, 6) is -2.18. The molecular weight excluding hydrogens is 485 g/mol. The van der Waals surface area contributed by atoms with E-state index < -0.39 is 36.0 Å². The molecule has 0 unspecified atom stereocenters. The van der Waals surface area contributed by atoms with E-state index in [1.54, 1.807) is 6.92 Å². The molecule has 0 aliphatic carbocycles. The lowest BCUT2D eigenvalue weighted by Crippen LogP contribution is -2.36. The lowest BCUT2D eigenvalue weighted by Gasteiger charge is -2.13. The Labute approximate surface area is 195 Å². The summed E-state index contributed by atoms with van der Waals surface area (Å²) < 4.78 is 48.0. The van der Waals surface area contributed by atoms with Crippen molar-refractivity contribution in [3.63, 3.8) is 0 Å². The van der Waals surface area contributed by atoms with Gasteiger partial charge in [0.15, 0.2) is 11.5 Å². The van der Waals surface area contributed by atoms with Crippen molar-refractivity contribution in [1.82, 2.24) is 4.90 Å². The van der Waals surface area contributed by atoms with Crippen LogP contribution >= 0.6 is 23.4 Å². The number of benzene rings is 2. The van der Waals surface area contributed by atoms with Crippen LogP contribution in [0, 0.1) is 5.82 Å². The number of alkyl halides is 2. The van der Waals surface area contributed by atoms with Crippen LogP contribution in [0.4, 0.5) is 23.7 Å². The average Bonchev–Trinajstić information content (AvgIpc) is 3.00. The molecule has 174 valence electrons. The van der Waals surface area contributed by atoms with Gasteiger partial charge in [-0.05, 0) is 60.7 Å². The van der Waals surface area contributed by atoms with E-state index in [4.69, 9.17) is 16.3 Å². The maximum Gasteiger partial charge on any atom is 0.387 e. The van der Waals surface area contributed by atoms with Crippen LogP contribution in [-0.4, -0.2) is 41.7 Å². The summed E-state index contributed by atoms with van der Waals surface area (Å²) >= 11 is 6.28. The van der Waals surface area contributed by atoms with E-state index >= 15 is 0 Å². The van der Waals surface area contributed by atoms with Crippen molar-refractivity contribution >= 4 is 52.2 Å². The standard InChI is InChI=1S/C21H16ClF3N2O5S/c1-2-31-16-7-11(3-6-15(16)32-20(24)25)8-17-19(29)27(21(30)33-17)10-18(28)26-12-4-5-14(23)13(22)9-12/h3-9,20H,2,10H2,1H3,(H,26,28)/b17-8-. The molecule has 0 spiro atoms. The first-order valence-corrected chi connectivity index (χ1v) is 10.6. The molecule has 1 aliphatic rings. The number of rotatable bonds is 8. The molecule has 0 atom stereocenters. The zero-order chi connectivity index (χ0) is 24.1. The highest BCUT2D eigenvalue weighted by atomic mass is 35.5. The number of hydrogen-bond donors (Lipinski definition) is 1. The molecule has 2 aromatic rings. The largest absolute Gasteiger partial charge is 0.490 e. The SMILES string of the molecule is CCOc1cc(/C=C2\SC(=O)N(CC(=O)Nc3ccc(F)c(Cl)c3)C2=O)ccc1OC(F)F. The number of thioether (sulfide) groups is 1. The molecule has 3 amide bonds. The van der Waals surface area contributed by atoms with Crippen LogP contribution in [0.25, 0.3) is 6.08 Å². The van der Waals surface area contributed by atoms with E-state index in [0.29, 0.717) is 17.3 Å². The molecule has 0 bridgehead atoms. The van der Waals surface area contributed by atoms with Crippen molar-refractivity contribution in [2.45, 2.75) is 13.5 Å². The number of ether oxygens (including phenoxy) is 2. The molecule has 0 saturated carbocycles. The summed E-state index contributed by atoms with van der Waals surface area (Å²) in [6.07, 6.45) is 1.37. The minimum atomic E-state index is -3.04. The Balaban J connectivity index is 1.73. The number of carbonyl (C=O) groups excluding carboxylic acids is 3. The predicted molar refractivity (Wildman–Crippen MR) is 117 cm³/mol. The van der Waals surface area contributed by atoms with E-state index in [2.05, 4.69) is 10.1 Å². The average molecular weight is 501 g/mol. The van der Waals surface area contributed by atoms with E-state index in [-0.39, 0.29) is 33.7 Å². The van der Waals surface area contributed by atoms with Crippen LogP contribution < -0.4 is 14.8 Å². The summed E-state index contributed by atoms with van der Waals surface area (Å²) in [4.78, 5) is 37.9. The number of anilines is 1. The molecule has 2 aromatic carbocycles. The fourth-order valence-corrected chi connectivity index (χ4v) is 3.80. The number of halogens is 4. The van der Waals surface area contributed by atoms with Gasteiger partial charge in [0.1, 0.15) is 12.4 Å². The quantitative estimate of drug-likeness (QED) is 0.504. The molecule has 1 saturated heterocycles. The smallest absolute Gasteiger partial charge is 0.387 e. The Morgan fingerprint density at radius 2 is 1.97 bits per heavy atom. The first-order chi connectivity index (χ1) is 15.7. The summed E-state index contributed by atoms with van der Waals surface area (Å²) in [6, 6.07) is 7.60. The molecule has 0 radical (unpaired) electrons. The summed E-state index contributed by atoms with van der Waals surface area (Å²) in [6.45, 7) is -1.76. The third kappa shape index (κ3) is 6.20. The van der Waals surface area contributed by atoms with Crippen LogP contribution in [0.3, 0.4) is 0 Å². The van der Waals surface area contributed by atoms with Crippen molar-refractivity contribution in [2.24, 2.45) is 0 Å². The maximum absolute atomic E-state index is 13.2. The van der Waals surface area contributed by atoms with Crippen molar-refractivity contribution in [3.05, 3.63) is 57.7 Å². The summed E-state index contributed by atoms with van der Waals surface area (Å²) in [5.41, 5.74) is 0.597. The molecule has 1 fully saturated rings. The molecular formula is C21H16ClF3N2O5S. The maximum atomic E-state index is 13.2. The predicted octanol–water partition coefficient (Wildman–Crippen LogP) is 5.15. The minimum absolute atomic E-state index is 0.0302. The second kappa shape index (κ2) is 10.6. The van der Waals surface area contributed by atoms with Gasteiger partial charge in [0.25, 0.3) is 11.1 Å². The van der Waals surface area contributed by atoms with Crippen molar-refractivity contribution < 1.29 is 37.0 Å². The van der Waals surface area contributed by atoms with Gasteiger partial charge in [-0.1, -0.05) is 17.7 Å². The summed E-state index contributed by atoms with van der Waals surface area (Å²) in [5, 5.41) is 1.57. The lowest BCUT2D eigenvalue weighted by atomic mass is 10.2. The van der Waals surface area contributed by atoms with Crippen LogP contribution in [-0.2, 0) is 9.59 Å². The third-order valence-corrected chi connectivity index (χ3v) is 5.36. The zero-order valence-corrected chi connectivity index (χ0v) is 18.5. The molecule has 7 nitrogen and oxygen atoms in total. The Hall–Kier alpha value is -3.18. The van der Waals surface area contributed by atoms with Crippen LogP contribution in [0.5, 0.6) is 11.5 Å². The second-order valence-corrected chi connectivity index (χ2v) is 7.86. The fraction of sp³-hybridized carbons (Fsp3) is 0.190. The van der Waals surface area contributed by atoms with Crippen molar-refractivity contribution in [1.29, 1.82) is 0 Å². The van der Waals surface area contributed by atoms with Gasteiger partial charge in [0.2, 0.25) is 5.91 Å². The first-order valence-electron chi connectivity index (χ1n) is 9.40. The van der Waals surface area contributed by atoms with Crippen LogP contribution in [0.2, 0.25) is 5.02 Å². The Kier molecular flexibility index (Phi) is 7.88. The van der Waals surface area contributed by atoms with Crippen LogP contribution in [0.15, 0.2) is 41.3 Å². The number of nitrogens with zero attached hydrogens (tertiary/aromatic N) is 1. The van der Waals surface area contributed by atoms with Gasteiger partial charge in [-0.15, -0.1) is 0 Å². The zero-order valence-electron chi connectivity index (χ0n) is 16.9. The molecule has 1 N–H and O–H groups in total. The normalized spacial score (nSPS) is 14.8. The van der Waals surface area contributed by atoms with Gasteiger partial charge in [0.05, 0.1) is 16.5 Å². The van der Waals surface area contributed by atoms with Crippen molar-refractivity contribution in [3.8, 4) is 11.5 Å². The van der Waals surface area contributed by atoms with Crippen LogP contribution in [0.1, 0.15) is 12.5 Å². The van der Waals surface area contributed by atoms with E-state index in [0.717, 1.165) is 11.0 Å². The second-order valence-electron chi connectivity index (χ2n) is 6.46. The van der Waals surface area contributed by atoms with E-state index in [9.17, 15) is 27.6 Å². The fourth-order valence-electron chi connectivity index (χ4n) is 2.78. The molecule has 12 heteroatoms. The highest BCUT2D eigenvalue weighted by Crippen LogP contribution is 2.35.